The summed E-state index contributed by atoms with van der Waals surface area (Å²) in [5.74, 6) is -0.604. The van der Waals surface area contributed by atoms with E-state index in [2.05, 4.69) is 34.7 Å². The third-order valence-corrected chi connectivity index (χ3v) is 6.54. The molecule has 2 amide bonds. The number of fused-ring (bicyclic) bond motifs is 3. The van der Waals surface area contributed by atoms with Gasteiger partial charge in [0, 0.05) is 31.5 Å². The lowest BCUT2D eigenvalue weighted by atomic mass is 9.94. The van der Waals surface area contributed by atoms with E-state index in [1.54, 1.807) is 4.90 Å². The van der Waals surface area contributed by atoms with E-state index in [9.17, 15) is 14.4 Å². The number of carbonyl (C=O) groups is 3. The second kappa shape index (κ2) is 9.61. The van der Waals surface area contributed by atoms with Gasteiger partial charge >= 0.3 is 12.1 Å². The van der Waals surface area contributed by atoms with Gasteiger partial charge < -0.3 is 24.6 Å². The van der Waals surface area contributed by atoms with Gasteiger partial charge in [-0.1, -0.05) is 53.7 Å². The fourth-order valence-corrected chi connectivity index (χ4v) is 4.71. The molecule has 2 heterocycles. The number of amides is 2. The SMILES string of the molecule is O=C(O)CCC1CN(C(=O)c2cc(CNC(=O)OCC3c4ccccc4-c4ccccc43)on2)C1. The van der Waals surface area contributed by atoms with Gasteiger partial charge in [0.05, 0.1) is 6.54 Å². The Morgan fingerprint density at radius 1 is 1.06 bits per heavy atom. The molecule has 180 valence electrons. The van der Waals surface area contributed by atoms with Crippen LogP contribution in [0.5, 0.6) is 0 Å². The lowest BCUT2D eigenvalue weighted by Crippen LogP contribution is -2.50. The zero-order valence-electron chi connectivity index (χ0n) is 19.0. The summed E-state index contributed by atoms with van der Waals surface area (Å²) >= 11 is 0. The molecule has 1 saturated heterocycles. The fraction of sp³-hybridized carbons (Fsp3) is 0.308. The third kappa shape index (κ3) is 4.75. The molecule has 0 bridgehead atoms. The number of benzene rings is 2. The van der Waals surface area contributed by atoms with Crippen LogP contribution < -0.4 is 5.32 Å². The molecule has 0 spiro atoms. The number of nitrogens with zero attached hydrogens (tertiary/aromatic N) is 2. The van der Waals surface area contributed by atoms with Crippen molar-refractivity contribution in [1.82, 2.24) is 15.4 Å². The fourth-order valence-electron chi connectivity index (χ4n) is 4.71. The number of aliphatic carboxylic acids is 1. The molecule has 35 heavy (non-hydrogen) atoms. The molecule has 1 aromatic heterocycles. The van der Waals surface area contributed by atoms with Crippen molar-refractivity contribution in [3.8, 4) is 11.1 Å². The molecule has 1 fully saturated rings. The molecule has 2 aliphatic rings. The van der Waals surface area contributed by atoms with Gasteiger partial charge in [-0.25, -0.2) is 4.79 Å². The van der Waals surface area contributed by atoms with Gasteiger partial charge in [0.25, 0.3) is 5.91 Å². The zero-order chi connectivity index (χ0) is 24.4. The Morgan fingerprint density at radius 2 is 1.71 bits per heavy atom. The van der Waals surface area contributed by atoms with Crippen molar-refractivity contribution in [3.63, 3.8) is 0 Å². The summed E-state index contributed by atoms with van der Waals surface area (Å²) in [5.41, 5.74) is 4.75. The highest BCUT2D eigenvalue weighted by atomic mass is 16.5. The van der Waals surface area contributed by atoms with E-state index in [1.165, 1.54) is 6.07 Å². The highest BCUT2D eigenvalue weighted by Crippen LogP contribution is 2.44. The molecule has 0 atom stereocenters. The topological polar surface area (TPSA) is 122 Å². The number of nitrogens with one attached hydrogen (secondary N) is 1. The molecule has 1 aliphatic carbocycles. The van der Waals surface area contributed by atoms with E-state index in [4.69, 9.17) is 14.4 Å². The number of rotatable bonds is 8. The summed E-state index contributed by atoms with van der Waals surface area (Å²) in [7, 11) is 0. The maximum absolute atomic E-state index is 12.5. The quantitative estimate of drug-likeness (QED) is 0.510. The molecule has 2 aromatic carbocycles. The molecule has 0 radical (unpaired) electrons. The standard InChI is InChI=1S/C26H25N3O6/c30-24(31)10-9-16-13-29(14-16)25(32)23-11-17(35-28-23)12-27-26(33)34-15-22-20-7-3-1-5-18(20)19-6-2-4-8-21(19)22/h1-8,11,16,22H,9-10,12-15H2,(H,27,33)(H,30,31). The molecular formula is C26H25N3O6. The van der Waals surface area contributed by atoms with Crippen LogP contribution in [0.1, 0.15) is 46.1 Å². The first-order valence-corrected chi connectivity index (χ1v) is 11.5. The van der Waals surface area contributed by atoms with E-state index < -0.39 is 12.1 Å². The maximum atomic E-state index is 12.5. The Labute approximate surface area is 201 Å². The number of hydrogen-bond acceptors (Lipinski definition) is 6. The van der Waals surface area contributed by atoms with Gasteiger partial charge in [-0.3, -0.25) is 9.59 Å². The van der Waals surface area contributed by atoms with Crippen LogP contribution in [0, 0.1) is 5.92 Å². The average Bonchev–Trinajstić information content (AvgIpc) is 3.43. The second-order valence-electron chi connectivity index (χ2n) is 8.87. The molecule has 9 nitrogen and oxygen atoms in total. The predicted molar refractivity (Wildman–Crippen MR) is 125 cm³/mol. The summed E-state index contributed by atoms with van der Waals surface area (Å²) in [5, 5.41) is 15.2. The van der Waals surface area contributed by atoms with Crippen molar-refractivity contribution in [2.45, 2.75) is 25.3 Å². The van der Waals surface area contributed by atoms with Gasteiger partial charge in [0.1, 0.15) is 6.61 Å². The first kappa shape index (κ1) is 22.6. The average molecular weight is 476 g/mol. The summed E-state index contributed by atoms with van der Waals surface area (Å²) in [6, 6.07) is 17.7. The van der Waals surface area contributed by atoms with Gasteiger partial charge in [-0.05, 0) is 34.6 Å². The lowest BCUT2D eigenvalue weighted by molar-refractivity contribution is -0.137. The smallest absolute Gasteiger partial charge is 0.407 e. The van der Waals surface area contributed by atoms with E-state index >= 15 is 0 Å². The van der Waals surface area contributed by atoms with Gasteiger partial charge in [0.15, 0.2) is 11.5 Å². The number of likely N-dealkylation sites (tertiary alicyclic amines) is 1. The minimum Gasteiger partial charge on any atom is -0.481 e. The highest BCUT2D eigenvalue weighted by Gasteiger charge is 2.33. The minimum atomic E-state index is -0.833. The van der Waals surface area contributed by atoms with Crippen molar-refractivity contribution in [2.24, 2.45) is 5.92 Å². The second-order valence-corrected chi connectivity index (χ2v) is 8.87. The molecule has 5 rings (SSSR count). The minimum absolute atomic E-state index is 0.0292. The van der Waals surface area contributed by atoms with Crippen molar-refractivity contribution in [1.29, 1.82) is 0 Å². The van der Waals surface area contributed by atoms with Gasteiger partial charge in [-0.2, -0.15) is 0 Å². The molecule has 1 aliphatic heterocycles. The first-order chi connectivity index (χ1) is 17.0. The Bertz CT molecular complexity index is 1220. The van der Waals surface area contributed by atoms with E-state index in [1.807, 2.05) is 24.3 Å². The Balaban J connectivity index is 1.10. The molecule has 3 aromatic rings. The first-order valence-electron chi connectivity index (χ1n) is 11.5. The van der Waals surface area contributed by atoms with Crippen LogP contribution >= 0.6 is 0 Å². The number of ether oxygens (including phenoxy) is 1. The monoisotopic (exact) mass is 475 g/mol. The van der Waals surface area contributed by atoms with Gasteiger partial charge in [-0.15, -0.1) is 0 Å². The lowest BCUT2D eigenvalue weighted by Gasteiger charge is -2.38. The Kier molecular flexibility index (Phi) is 6.22. The van der Waals surface area contributed by atoms with Crippen LogP contribution in [0.2, 0.25) is 0 Å². The Morgan fingerprint density at radius 3 is 2.37 bits per heavy atom. The predicted octanol–water partition coefficient (Wildman–Crippen LogP) is 3.65. The van der Waals surface area contributed by atoms with E-state index in [0.29, 0.717) is 25.3 Å². The molecular weight excluding hydrogens is 450 g/mol. The number of carboxylic acids is 1. The zero-order valence-corrected chi connectivity index (χ0v) is 19.0. The van der Waals surface area contributed by atoms with Gasteiger partial charge in [0.2, 0.25) is 0 Å². The number of aromatic nitrogens is 1. The van der Waals surface area contributed by atoms with Crippen molar-refractivity contribution >= 4 is 18.0 Å². The number of carbonyl (C=O) groups excluding carboxylic acids is 2. The highest BCUT2D eigenvalue weighted by molar-refractivity contribution is 5.92. The third-order valence-electron chi connectivity index (χ3n) is 6.54. The van der Waals surface area contributed by atoms with Crippen LogP contribution in [0.3, 0.4) is 0 Å². The van der Waals surface area contributed by atoms with Crippen LogP contribution in [0.25, 0.3) is 11.1 Å². The Hall–Kier alpha value is -4.14. The summed E-state index contributed by atoms with van der Waals surface area (Å²) < 4.78 is 10.7. The number of carboxylic acid groups (broad SMARTS) is 1. The van der Waals surface area contributed by atoms with E-state index in [0.717, 1.165) is 22.3 Å². The summed E-state index contributed by atoms with van der Waals surface area (Å²) in [6.45, 7) is 1.26. The van der Waals surface area contributed by atoms with Crippen LogP contribution in [-0.2, 0) is 16.1 Å². The summed E-state index contributed by atoms with van der Waals surface area (Å²) in [4.78, 5) is 37.1. The number of alkyl carbamates (subject to hydrolysis) is 1. The number of hydrogen-bond donors (Lipinski definition) is 2. The molecule has 0 unspecified atom stereocenters. The van der Waals surface area contributed by atoms with Crippen molar-refractivity contribution in [3.05, 3.63) is 77.2 Å². The summed E-state index contributed by atoms with van der Waals surface area (Å²) in [6.07, 6.45) is 0.0652. The van der Waals surface area contributed by atoms with Crippen LogP contribution in [0.4, 0.5) is 4.79 Å². The van der Waals surface area contributed by atoms with Crippen molar-refractivity contribution < 1.29 is 28.8 Å². The largest absolute Gasteiger partial charge is 0.481 e. The van der Waals surface area contributed by atoms with Crippen molar-refractivity contribution in [2.75, 3.05) is 19.7 Å². The molecule has 2 N–H and O–H groups in total. The van der Waals surface area contributed by atoms with E-state index in [-0.39, 0.29) is 43.0 Å². The normalized spacial score (nSPS) is 14.7. The van der Waals surface area contributed by atoms with Crippen LogP contribution in [0.15, 0.2) is 59.1 Å². The maximum Gasteiger partial charge on any atom is 0.407 e. The molecule has 9 heteroatoms. The molecule has 0 saturated carbocycles. The van der Waals surface area contributed by atoms with Crippen LogP contribution in [-0.4, -0.2) is 52.8 Å².